The molecule has 51 heavy (non-hydrogen) atoms. The summed E-state index contributed by atoms with van der Waals surface area (Å²) in [6.45, 7) is 14.9. The third kappa shape index (κ3) is 10.2. The predicted molar refractivity (Wildman–Crippen MR) is 212 cm³/mol. The fourth-order valence-corrected chi connectivity index (χ4v) is 6.84. The second-order valence-electron chi connectivity index (χ2n) is 14.9. The molecule has 276 valence electrons. The molecule has 0 unspecified atom stereocenters. The van der Waals surface area contributed by atoms with Crippen molar-refractivity contribution < 1.29 is 14.2 Å². The highest BCUT2D eigenvalue weighted by Gasteiger charge is 2.28. The van der Waals surface area contributed by atoms with E-state index >= 15 is 0 Å². The predicted octanol–water partition coefficient (Wildman–Crippen LogP) is 9.24. The average Bonchev–Trinajstić information content (AvgIpc) is 3.13. The minimum Gasteiger partial charge on any atom is -0.367 e. The Bertz CT molecular complexity index is 1410. The third-order valence-electron chi connectivity index (χ3n) is 11.1. The van der Waals surface area contributed by atoms with E-state index in [9.17, 15) is 0 Å². The molecule has 4 aromatic rings. The lowest BCUT2D eigenvalue weighted by atomic mass is 9.88. The van der Waals surface area contributed by atoms with Crippen LogP contribution in [0.15, 0.2) is 91.0 Å². The quantitative estimate of drug-likeness (QED) is 0.103. The summed E-state index contributed by atoms with van der Waals surface area (Å²) in [6.07, 6.45) is -0.271. The topological polar surface area (TPSA) is 37.4 Å². The molecule has 4 rings (SSSR count). The van der Waals surface area contributed by atoms with Crippen LogP contribution >= 0.6 is 0 Å². The van der Waals surface area contributed by atoms with Gasteiger partial charge in [0, 0.05) is 18.1 Å². The molecule has 0 saturated heterocycles. The summed E-state index contributed by atoms with van der Waals surface area (Å²) in [5.74, 6) is 0. The molecule has 6 atom stereocenters. The molecule has 6 nitrogen and oxygen atoms in total. The van der Waals surface area contributed by atoms with E-state index < -0.39 is 0 Å². The second-order valence-corrected chi connectivity index (χ2v) is 14.9. The van der Waals surface area contributed by atoms with Crippen LogP contribution in [0.2, 0.25) is 0 Å². The molecule has 0 N–H and O–H groups in total. The highest BCUT2D eigenvalue weighted by atomic mass is 16.5. The Morgan fingerprint density at radius 3 is 0.804 bits per heavy atom. The highest BCUT2D eigenvalue weighted by molar-refractivity contribution is 5.50. The van der Waals surface area contributed by atoms with Gasteiger partial charge in [-0.2, -0.15) is 0 Å². The maximum Gasteiger partial charge on any atom is 0.0981 e. The fraction of sp³-hybridized carbons (Fsp3) is 0.467. The zero-order chi connectivity index (χ0) is 37.2. The van der Waals surface area contributed by atoms with Gasteiger partial charge in [0.2, 0.25) is 0 Å². The number of rotatable bonds is 18. The van der Waals surface area contributed by atoms with Crippen LogP contribution < -0.4 is 0 Å². The molecule has 6 heteroatoms. The van der Waals surface area contributed by atoms with Crippen LogP contribution in [-0.4, -0.2) is 75.1 Å². The van der Waals surface area contributed by atoms with E-state index in [1.165, 1.54) is 50.1 Å². The molecular weight excluding hydrogens is 631 g/mol. The highest BCUT2D eigenvalue weighted by Crippen LogP contribution is 2.35. The number of hydrogen-bond acceptors (Lipinski definition) is 6. The molecule has 0 fully saturated rings. The molecule has 0 radical (unpaired) electrons. The Kier molecular flexibility index (Phi) is 15.0. The summed E-state index contributed by atoms with van der Waals surface area (Å²) < 4.78 is 20.8. The first-order valence-electron chi connectivity index (χ1n) is 18.4. The van der Waals surface area contributed by atoms with Crippen molar-refractivity contribution in [3.05, 3.63) is 141 Å². The normalized spacial score (nSPS) is 15.6. The van der Waals surface area contributed by atoms with E-state index in [1.54, 1.807) is 0 Å². The zero-order valence-corrected chi connectivity index (χ0v) is 33.3. The molecule has 0 amide bonds. The third-order valence-corrected chi connectivity index (χ3v) is 11.1. The van der Waals surface area contributed by atoms with E-state index in [4.69, 9.17) is 14.2 Å². The van der Waals surface area contributed by atoms with E-state index in [0.717, 1.165) is 0 Å². The first kappa shape index (κ1) is 40.4. The van der Waals surface area contributed by atoms with Crippen LogP contribution in [0.3, 0.4) is 0 Å². The van der Waals surface area contributed by atoms with Crippen LogP contribution in [0.1, 0.15) is 89.2 Å². The largest absolute Gasteiger partial charge is 0.367 e. The van der Waals surface area contributed by atoms with Gasteiger partial charge in [-0.05, 0) is 134 Å². The van der Waals surface area contributed by atoms with Crippen LogP contribution in [0.25, 0.3) is 0 Å². The molecule has 0 heterocycles. The summed E-state index contributed by atoms with van der Waals surface area (Å²) in [5, 5.41) is 0. The number of benzene rings is 4. The Morgan fingerprint density at radius 1 is 0.392 bits per heavy atom. The van der Waals surface area contributed by atoms with Crippen LogP contribution in [0.5, 0.6) is 0 Å². The van der Waals surface area contributed by atoms with Gasteiger partial charge in [-0.25, -0.2) is 0 Å². The first-order chi connectivity index (χ1) is 24.3. The van der Waals surface area contributed by atoms with Crippen molar-refractivity contribution >= 4 is 0 Å². The SMILES string of the molecule is Cc1c(CO[C@H](c2ccccc2)[C@H](C)N(C)C)c(C)c(CO[C@H](c2ccccc2)[C@H](C)N(C)C)c(C)c1CO[C@H](c1ccccc1)[C@H](C)N(C)C. The van der Waals surface area contributed by atoms with Gasteiger partial charge in [-0.3, -0.25) is 0 Å². The first-order valence-corrected chi connectivity index (χ1v) is 18.4. The summed E-state index contributed by atoms with van der Waals surface area (Å²) in [6, 6.07) is 32.3. The van der Waals surface area contributed by atoms with Gasteiger partial charge in [0.1, 0.15) is 0 Å². The number of ether oxygens (including phenoxy) is 3. The monoisotopic (exact) mass is 693 g/mol. The number of nitrogens with zero attached hydrogens (tertiary/aromatic N) is 3. The van der Waals surface area contributed by atoms with Crippen molar-refractivity contribution in [2.75, 3.05) is 42.3 Å². The lowest BCUT2D eigenvalue weighted by Gasteiger charge is -2.33. The van der Waals surface area contributed by atoms with Crippen molar-refractivity contribution in [1.82, 2.24) is 14.7 Å². The van der Waals surface area contributed by atoms with Gasteiger partial charge < -0.3 is 28.9 Å². The van der Waals surface area contributed by atoms with Crippen LogP contribution in [0, 0.1) is 20.8 Å². The Balaban J connectivity index is 1.77. The van der Waals surface area contributed by atoms with Crippen molar-refractivity contribution in [2.24, 2.45) is 0 Å². The lowest BCUT2D eigenvalue weighted by Crippen LogP contribution is -2.33. The average molecular weight is 694 g/mol. The summed E-state index contributed by atoms with van der Waals surface area (Å²) in [5.41, 5.74) is 10.8. The van der Waals surface area contributed by atoms with Gasteiger partial charge in [-0.1, -0.05) is 91.0 Å². The molecule has 0 aromatic heterocycles. The van der Waals surface area contributed by atoms with E-state index in [-0.39, 0.29) is 36.4 Å². The smallest absolute Gasteiger partial charge is 0.0981 e. The Hall–Kier alpha value is -3.36. The van der Waals surface area contributed by atoms with Crippen LogP contribution in [0.4, 0.5) is 0 Å². The summed E-state index contributed by atoms with van der Waals surface area (Å²) in [4.78, 5) is 6.70. The number of likely N-dealkylation sites (N-methyl/N-ethyl adjacent to an activating group) is 3. The van der Waals surface area contributed by atoms with Gasteiger partial charge in [0.05, 0.1) is 38.1 Å². The van der Waals surface area contributed by atoms with Gasteiger partial charge in [0.25, 0.3) is 0 Å². The van der Waals surface area contributed by atoms with E-state index in [0.29, 0.717) is 19.8 Å². The van der Waals surface area contributed by atoms with Gasteiger partial charge in [0.15, 0.2) is 0 Å². The molecule has 4 aromatic carbocycles. The fourth-order valence-electron chi connectivity index (χ4n) is 6.84. The molecule has 0 aliphatic rings. The minimum atomic E-state index is -0.0903. The maximum absolute atomic E-state index is 6.94. The maximum atomic E-state index is 6.94. The molecular formula is C45H63N3O3. The minimum absolute atomic E-state index is 0.0903. The lowest BCUT2D eigenvalue weighted by molar-refractivity contribution is -0.0131. The van der Waals surface area contributed by atoms with Crippen molar-refractivity contribution in [2.45, 2.75) is 97.8 Å². The Labute approximate surface area is 309 Å². The summed E-state index contributed by atoms with van der Waals surface area (Å²) >= 11 is 0. The van der Waals surface area contributed by atoms with Gasteiger partial charge in [-0.15, -0.1) is 0 Å². The van der Waals surface area contributed by atoms with Crippen molar-refractivity contribution in [3.63, 3.8) is 0 Å². The molecule has 0 saturated carbocycles. The molecule has 0 bridgehead atoms. The van der Waals surface area contributed by atoms with E-state index in [2.05, 4.69) is 190 Å². The van der Waals surface area contributed by atoms with Crippen molar-refractivity contribution in [1.29, 1.82) is 0 Å². The van der Waals surface area contributed by atoms with E-state index in [1.807, 2.05) is 0 Å². The zero-order valence-electron chi connectivity index (χ0n) is 33.3. The van der Waals surface area contributed by atoms with Crippen LogP contribution in [-0.2, 0) is 34.0 Å². The molecule has 0 aliphatic carbocycles. The number of hydrogen-bond donors (Lipinski definition) is 0. The Morgan fingerprint density at radius 2 is 0.608 bits per heavy atom. The summed E-state index contributed by atoms with van der Waals surface area (Å²) in [7, 11) is 12.7. The van der Waals surface area contributed by atoms with Crippen molar-refractivity contribution in [3.8, 4) is 0 Å². The second kappa shape index (κ2) is 18.9. The molecule has 0 spiro atoms. The molecule has 0 aliphatic heterocycles. The van der Waals surface area contributed by atoms with Gasteiger partial charge >= 0.3 is 0 Å². The standard InChI is InChI=1S/C45H63N3O3/c1-31-40(28-49-43(34(4)46(7)8)37-22-16-13-17-23-37)32(2)42(30-51-45(36(6)48(11)12)39-26-20-15-21-27-39)33(3)41(31)29-50-44(35(5)47(9)10)38-24-18-14-19-25-38/h13-27,34-36,43-45H,28-30H2,1-12H3/t34-,35-,36-,43-,44-,45-/m0/s1.